The fraction of sp³-hybridized carbons (Fsp3) is 0.520. The molecule has 8 nitrogen and oxygen atoms in total. The Morgan fingerprint density at radius 2 is 1.70 bits per heavy atom. The highest BCUT2D eigenvalue weighted by Crippen LogP contribution is 2.28. The fourth-order valence-corrected chi connectivity index (χ4v) is 3.37. The van der Waals surface area contributed by atoms with Crippen LogP contribution in [0.3, 0.4) is 0 Å². The van der Waals surface area contributed by atoms with E-state index in [-0.39, 0.29) is 18.4 Å². The van der Waals surface area contributed by atoms with Crippen LogP contribution in [-0.2, 0) is 27.3 Å². The minimum atomic E-state index is -0.598. The number of amides is 2. The molecule has 0 spiro atoms. The van der Waals surface area contributed by atoms with Crippen molar-refractivity contribution in [2.24, 2.45) is 5.41 Å². The molecule has 33 heavy (non-hydrogen) atoms. The molecule has 0 fully saturated rings. The lowest BCUT2D eigenvalue weighted by Gasteiger charge is -2.31. The molecule has 182 valence electrons. The van der Waals surface area contributed by atoms with Gasteiger partial charge in [-0.1, -0.05) is 26.8 Å². The van der Waals surface area contributed by atoms with Gasteiger partial charge in [-0.05, 0) is 36.2 Å². The molecule has 0 saturated heterocycles. The number of furan rings is 1. The van der Waals surface area contributed by atoms with Gasteiger partial charge in [0.1, 0.15) is 5.76 Å². The molecule has 1 aromatic carbocycles. The van der Waals surface area contributed by atoms with Crippen molar-refractivity contribution in [1.29, 1.82) is 0 Å². The summed E-state index contributed by atoms with van der Waals surface area (Å²) in [5.74, 6) is 1.73. The smallest absolute Gasteiger partial charge is 0.242 e. The minimum absolute atomic E-state index is 0.0217. The Morgan fingerprint density at radius 3 is 2.27 bits per heavy atom. The zero-order valence-corrected chi connectivity index (χ0v) is 20.6. The van der Waals surface area contributed by atoms with Crippen molar-refractivity contribution in [3.63, 3.8) is 0 Å². The van der Waals surface area contributed by atoms with Crippen LogP contribution < -0.4 is 9.47 Å². The first kappa shape index (κ1) is 26.3. The van der Waals surface area contributed by atoms with Crippen LogP contribution in [0.5, 0.6) is 11.5 Å². The Bertz CT molecular complexity index is 889. The Hall–Kier alpha value is -3.00. The van der Waals surface area contributed by atoms with Crippen molar-refractivity contribution in [3.8, 4) is 11.5 Å². The zero-order valence-electron chi connectivity index (χ0n) is 20.6. The summed E-state index contributed by atoms with van der Waals surface area (Å²) in [6, 6.07) is 9.33. The number of carbonyl (C=O) groups is 2. The molecule has 0 atom stereocenters. The van der Waals surface area contributed by atoms with Crippen LogP contribution in [0.4, 0.5) is 0 Å². The average molecular weight is 461 g/mol. The molecule has 0 saturated carbocycles. The van der Waals surface area contributed by atoms with Crippen LogP contribution in [0.2, 0.25) is 0 Å². The maximum atomic E-state index is 13.3. The first-order chi connectivity index (χ1) is 15.7. The molecule has 0 aliphatic rings. The summed E-state index contributed by atoms with van der Waals surface area (Å²) in [6.07, 6.45) is 2.19. The number of hydrogen-bond donors (Lipinski definition) is 0. The third-order valence-electron chi connectivity index (χ3n) is 5.22. The van der Waals surface area contributed by atoms with Crippen LogP contribution in [0.25, 0.3) is 0 Å². The van der Waals surface area contributed by atoms with Gasteiger partial charge in [0.05, 0.1) is 40.2 Å². The first-order valence-electron chi connectivity index (χ1n) is 11.0. The van der Waals surface area contributed by atoms with Crippen molar-refractivity contribution in [2.45, 2.75) is 33.7 Å². The van der Waals surface area contributed by atoms with E-state index in [0.717, 1.165) is 5.56 Å². The predicted molar refractivity (Wildman–Crippen MR) is 125 cm³/mol. The first-order valence-corrected chi connectivity index (χ1v) is 11.0. The number of hydrogen-bond acceptors (Lipinski definition) is 6. The SMILES string of the molecule is COCCN(CC(=O)N(CCc1ccc(OC)c(OC)c1)Cc1ccco1)C(=O)C(C)(C)C. The number of rotatable bonds is 12. The van der Waals surface area contributed by atoms with Gasteiger partial charge in [-0.15, -0.1) is 0 Å². The number of nitrogens with zero attached hydrogens (tertiary/aromatic N) is 2. The van der Waals surface area contributed by atoms with Crippen LogP contribution in [0.1, 0.15) is 32.1 Å². The van der Waals surface area contributed by atoms with Gasteiger partial charge in [0.15, 0.2) is 11.5 Å². The number of ether oxygens (including phenoxy) is 3. The lowest BCUT2D eigenvalue weighted by Crippen LogP contribution is -2.47. The second-order valence-corrected chi connectivity index (χ2v) is 8.80. The maximum absolute atomic E-state index is 13.3. The molecule has 0 aliphatic heterocycles. The predicted octanol–water partition coefficient (Wildman–Crippen LogP) is 3.39. The lowest BCUT2D eigenvalue weighted by molar-refractivity contribution is -0.146. The van der Waals surface area contributed by atoms with Gasteiger partial charge in [0.25, 0.3) is 0 Å². The van der Waals surface area contributed by atoms with E-state index in [0.29, 0.717) is 49.9 Å². The second-order valence-electron chi connectivity index (χ2n) is 8.80. The van der Waals surface area contributed by atoms with Crippen molar-refractivity contribution in [2.75, 3.05) is 47.6 Å². The molecule has 0 bridgehead atoms. The molecule has 1 aromatic heterocycles. The molecule has 0 N–H and O–H groups in total. The van der Waals surface area contributed by atoms with Gasteiger partial charge in [-0.3, -0.25) is 9.59 Å². The average Bonchev–Trinajstić information content (AvgIpc) is 3.31. The van der Waals surface area contributed by atoms with Crippen molar-refractivity contribution >= 4 is 11.8 Å². The van der Waals surface area contributed by atoms with Crippen LogP contribution in [0, 0.1) is 5.41 Å². The molecule has 1 heterocycles. The standard InChI is InChI=1S/C25H36N2O6/c1-25(2,3)24(29)27(13-15-30-4)18-23(28)26(17-20-8-7-14-33-20)12-11-19-9-10-21(31-5)22(16-19)32-6/h7-10,14,16H,11-13,15,17-18H2,1-6H3. The van der Waals surface area contributed by atoms with E-state index < -0.39 is 5.41 Å². The molecule has 8 heteroatoms. The summed E-state index contributed by atoms with van der Waals surface area (Å²) in [5.41, 5.74) is 0.409. The molecule has 2 amide bonds. The largest absolute Gasteiger partial charge is 0.493 e. The minimum Gasteiger partial charge on any atom is -0.493 e. The van der Waals surface area contributed by atoms with Gasteiger partial charge in [-0.2, -0.15) is 0 Å². The van der Waals surface area contributed by atoms with Gasteiger partial charge in [0.2, 0.25) is 11.8 Å². The highest BCUT2D eigenvalue weighted by atomic mass is 16.5. The van der Waals surface area contributed by atoms with Gasteiger partial charge < -0.3 is 28.4 Å². The molecular weight excluding hydrogens is 424 g/mol. The van der Waals surface area contributed by atoms with Crippen molar-refractivity contribution in [3.05, 3.63) is 47.9 Å². The zero-order chi connectivity index (χ0) is 24.4. The summed E-state index contributed by atoms with van der Waals surface area (Å²) in [6.45, 7) is 7.00. The quantitative estimate of drug-likeness (QED) is 0.483. The summed E-state index contributed by atoms with van der Waals surface area (Å²) in [4.78, 5) is 29.5. The van der Waals surface area contributed by atoms with Crippen LogP contribution in [-0.4, -0.2) is 69.2 Å². The van der Waals surface area contributed by atoms with Crippen LogP contribution in [0.15, 0.2) is 41.0 Å². The Balaban J connectivity index is 2.17. The second kappa shape index (κ2) is 12.3. The number of methoxy groups -OCH3 is 3. The third kappa shape index (κ3) is 7.82. The summed E-state index contributed by atoms with van der Waals surface area (Å²) in [7, 11) is 4.76. The van der Waals surface area contributed by atoms with Gasteiger partial charge in [-0.25, -0.2) is 0 Å². The maximum Gasteiger partial charge on any atom is 0.242 e. The monoisotopic (exact) mass is 460 g/mol. The summed E-state index contributed by atoms with van der Waals surface area (Å²) in [5, 5.41) is 0. The molecular formula is C25H36N2O6. The van der Waals surface area contributed by atoms with Crippen molar-refractivity contribution in [1.82, 2.24) is 9.80 Å². The van der Waals surface area contributed by atoms with Gasteiger partial charge in [0, 0.05) is 25.6 Å². The third-order valence-corrected chi connectivity index (χ3v) is 5.22. The fourth-order valence-electron chi connectivity index (χ4n) is 3.37. The number of carbonyl (C=O) groups excluding carboxylic acids is 2. The van der Waals surface area contributed by atoms with E-state index in [2.05, 4.69) is 0 Å². The van der Waals surface area contributed by atoms with E-state index in [1.165, 1.54) is 0 Å². The lowest BCUT2D eigenvalue weighted by atomic mass is 9.94. The van der Waals surface area contributed by atoms with E-state index >= 15 is 0 Å². The number of benzene rings is 1. The van der Waals surface area contributed by atoms with E-state index in [4.69, 9.17) is 18.6 Å². The van der Waals surface area contributed by atoms with E-state index in [1.807, 2.05) is 45.0 Å². The van der Waals surface area contributed by atoms with E-state index in [9.17, 15) is 9.59 Å². The highest BCUT2D eigenvalue weighted by Gasteiger charge is 2.29. The molecule has 2 aromatic rings. The summed E-state index contributed by atoms with van der Waals surface area (Å²) < 4.78 is 21.3. The Morgan fingerprint density at radius 1 is 0.970 bits per heavy atom. The van der Waals surface area contributed by atoms with Crippen LogP contribution >= 0.6 is 0 Å². The Kier molecular flexibility index (Phi) is 9.78. The Labute approximate surface area is 196 Å². The topological polar surface area (TPSA) is 81.5 Å². The van der Waals surface area contributed by atoms with Crippen molar-refractivity contribution < 1.29 is 28.2 Å². The highest BCUT2D eigenvalue weighted by molar-refractivity contribution is 5.87. The normalized spacial score (nSPS) is 11.2. The van der Waals surface area contributed by atoms with E-state index in [1.54, 1.807) is 43.5 Å². The molecule has 0 aliphatic carbocycles. The molecule has 0 unspecified atom stereocenters. The molecule has 2 rings (SSSR count). The molecule has 0 radical (unpaired) electrons. The van der Waals surface area contributed by atoms with Gasteiger partial charge >= 0.3 is 0 Å². The summed E-state index contributed by atoms with van der Waals surface area (Å²) >= 11 is 0.